The van der Waals surface area contributed by atoms with Gasteiger partial charge in [0.25, 0.3) is 0 Å². The van der Waals surface area contributed by atoms with Crippen LogP contribution in [0.4, 0.5) is 0 Å². The fourth-order valence-corrected chi connectivity index (χ4v) is 3.48. The van der Waals surface area contributed by atoms with Crippen LogP contribution < -0.4 is 5.09 Å². The molecule has 2 heteroatoms. The SMILES string of the molecule is CCP(CC)NC1CCCCC1. The van der Waals surface area contributed by atoms with Crippen LogP contribution in [-0.4, -0.2) is 18.4 Å². The Morgan fingerprint density at radius 3 is 2.17 bits per heavy atom. The Bertz CT molecular complexity index is 106. The molecule has 1 fully saturated rings. The van der Waals surface area contributed by atoms with Crippen LogP contribution >= 0.6 is 8.07 Å². The number of hydrogen-bond donors (Lipinski definition) is 1. The van der Waals surface area contributed by atoms with E-state index in [0.717, 1.165) is 6.04 Å². The number of rotatable bonds is 4. The largest absolute Gasteiger partial charge is 0.293 e. The molecule has 0 atom stereocenters. The third kappa shape index (κ3) is 3.41. The second kappa shape index (κ2) is 5.94. The summed E-state index contributed by atoms with van der Waals surface area (Å²) in [6.07, 6.45) is 9.93. The zero-order valence-corrected chi connectivity index (χ0v) is 9.37. The lowest BCUT2D eigenvalue weighted by Crippen LogP contribution is -2.27. The van der Waals surface area contributed by atoms with E-state index in [0.29, 0.717) is 0 Å². The van der Waals surface area contributed by atoms with Gasteiger partial charge in [0.15, 0.2) is 0 Å². The third-order valence-electron chi connectivity index (χ3n) is 2.73. The molecule has 0 aromatic heterocycles. The molecule has 0 radical (unpaired) electrons. The van der Waals surface area contributed by atoms with E-state index in [1.54, 1.807) is 0 Å². The Morgan fingerprint density at radius 1 is 1.08 bits per heavy atom. The van der Waals surface area contributed by atoms with Gasteiger partial charge in [-0.2, -0.15) is 0 Å². The molecule has 1 rings (SSSR count). The number of hydrogen-bond acceptors (Lipinski definition) is 1. The Balaban J connectivity index is 2.18. The topological polar surface area (TPSA) is 12.0 Å². The zero-order chi connectivity index (χ0) is 8.81. The first-order chi connectivity index (χ1) is 5.86. The Hall–Kier alpha value is 0.390. The van der Waals surface area contributed by atoms with E-state index in [2.05, 4.69) is 18.9 Å². The molecule has 0 saturated heterocycles. The summed E-state index contributed by atoms with van der Waals surface area (Å²) in [5.41, 5.74) is 0. The minimum atomic E-state index is 0.171. The summed E-state index contributed by atoms with van der Waals surface area (Å²) in [4.78, 5) is 0. The highest BCUT2D eigenvalue weighted by Crippen LogP contribution is 2.32. The van der Waals surface area contributed by atoms with Gasteiger partial charge in [-0.1, -0.05) is 33.1 Å². The average molecular weight is 187 g/mol. The lowest BCUT2D eigenvalue weighted by atomic mass is 9.96. The second-order valence-corrected chi connectivity index (χ2v) is 6.24. The van der Waals surface area contributed by atoms with Crippen molar-refractivity contribution in [3.8, 4) is 0 Å². The molecule has 0 amide bonds. The molecule has 1 saturated carbocycles. The third-order valence-corrected chi connectivity index (χ3v) is 4.99. The molecule has 1 N–H and O–H groups in total. The van der Waals surface area contributed by atoms with Gasteiger partial charge in [-0.05, 0) is 33.2 Å². The molecular formula is C10H22NP. The zero-order valence-electron chi connectivity index (χ0n) is 8.47. The summed E-state index contributed by atoms with van der Waals surface area (Å²) >= 11 is 0. The van der Waals surface area contributed by atoms with Gasteiger partial charge >= 0.3 is 0 Å². The van der Waals surface area contributed by atoms with Crippen LogP contribution in [0.1, 0.15) is 46.0 Å². The second-order valence-electron chi connectivity index (χ2n) is 3.64. The lowest BCUT2D eigenvalue weighted by Gasteiger charge is -2.27. The predicted molar refractivity (Wildman–Crippen MR) is 58.0 cm³/mol. The van der Waals surface area contributed by atoms with Gasteiger partial charge < -0.3 is 0 Å². The van der Waals surface area contributed by atoms with Gasteiger partial charge in [0.1, 0.15) is 0 Å². The first-order valence-electron chi connectivity index (χ1n) is 5.38. The van der Waals surface area contributed by atoms with Crippen molar-refractivity contribution >= 4 is 8.07 Å². The van der Waals surface area contributed by atoms with Gasteiger partial charge in [-0.25, -0.2) is 0 Å². The molecule has 0 bridgehead atoms. The van der Waals surface area contributed by atoms with Crippen LogP contribution in [0, 0.1) is 0 Å². The van der Waals surface area contributed by atoms with Crippen LogP contribution in [0.15, 0.2) is 0 Å². The van der Waals surface area contributed by atoms with Gasteiger partial charge in [-0.15, -0.1) is 0 Å². The van der Waals surface area contributed by atoms with Crippen molar-refractivity contribution in [2.45, 2.75) is 52.0 Å². The highest BCUT2D eigenvalue weighted by molar-refractivity contribution is 7.55. The van der Waals surface area contributed by atoms with Crippen molar-refractivity contribution in [3.05, 3.63) is 0 Å². The fourth-order valence-electron chi connectivity index (χ4n) is 1.90. The quantitative estimate of drug-likeness (QED) is 0.665. The molecule has 12 heavy (non-hydrogen) atoms. The molecule has 72 valence electrons. The monoisotopic (exact) mass is 187 g/mol. The van der Waals surface area contributed by atoms with Crippen molar-refractivity contribution in [3.63, 3.8) is 0 Å². The lowest BCUT2D eigenvalue weighted by molar-refractivity contribution is 0.420. The Morgan fingerprint density at radius 2 is 1.67 bits per heavy atom. The Labute approximate surface area is 78.1 Å². The van der Waals surface area contributed by atoms with Crippen molar-refractivity contribution in [2.75, 3.05) is 12.3 Å². The molecule has 1 nitrogen and oxygen atoms in total. The van der Waals surface area contributed by atoms with Crippen molar-refractivity contribution in [2.24, 2.45) is 0 Å². The summed E-state index contributed by atoms with van der Waals surface area (Å²) in [5.74, 6) is 0. The molecule has 0 aromatic rings. The van der Waals surface area contributed by atoms with Crippen LogP contribution in [0.5, 0.6) is 0 Å². The van der Waals surface area contributed by atoms with E-state index in [-0.39, 0.29) is 8.07 Å². The summed E-state index contributed by atoms with van der Waals surface area (Å²) in [5, 5.41) is 3.82. The molecule has 1 aliphatic carbocycles. The standard InChI is InChI=1S/C10H22NP/c1-3-12(4-2)11-10-8-6-5-7-9-10/h10-11H,3-9H2,1-2H3. The molecule has 0 aromatic carbocycles. The van der Waals surface area contributed by atoms with Gasteiger partial charge in [-0.3, -0.25) is 5.09 Å². The first-order valence-corrected chi connectivity index (χ1v) is 7.09. The maximum atomic E-state index is 3.82. The number of nitrogens with one attached hydrogen (secondary N) is 1. The average Bonchev–Trinajstić information content (AvgIpc) is 2.16. The maximum Gasteiger partial charge on any atom is 0.0103 e. The van der Waals surface area contributed by atoms with E-state index >= 15 is 0 Å². The van der Waals surface area contributed by atoms with Gasteiger partial charge in [0.05, 0.1) is 0 Å². The van der Waals surface area contributed by atoms with Crippen LogP contribution in [0.25, 0.3) is 0 Å². The first kappa shape index (κ1) is 10.5. The van der Waals surface area contributed by atoms with E-state index in [1.807, 2.05) is 0 Å². The fraction of sp³-hybridized carbons (Fsp3) is 1.00. The molecular weight excluding hydrogens is 165 g/mol. The predicted octanol–water partition coefficient (Wildman–Crippen LogP) is 3.35. The molecule has 0 unspecified atom stereocenters. The van der Waals surface area contributed by atoms with Crippen molar-refractivity contribution in [1.82, 2.24) is 5.09 Å². The minimum absolute atomic E-state index is 0.171. The molecule has 0 spiro atoms. The van der Waals surface area contributed by atoms with Crippen molar-refractivity contribution < 1.29 is 0 Å². The highest BCUT2D eigenvalue weighted by atomic mass is 31.1. The molecule has 1 aliphatic rings. The maximum absolute atomic E-state index is 3.82. The van der Waals surface area contributed by atoms with Gasteiger partial charge in [0.2, 0.25) is 0 Å². The smallest absolute Gasteiger partial charge is 0.0103 e. The van der Waals surface area contributed by atoms with E-state index in [1.165, 1.54) is 44.4 Å². The minimum Gasteiger partial charge on any atom is -0.293 e. The summed E-state index contributed by atoms with van der Waals surface area (Å²) in [6.45, 7) is 4.62. The molecule has 0 heterocycles. The van der Waals surface area contributed by atoms with Gasteiger partial charge in [0, 0.05) is 6.04 Å². The van der Waals surface area contributed by atoms with Crippen LogP contribution in [-0.2, 0) is 0 Å². The van der Waals surface area contributed by atoms with E-state index in [4.69, 9.17) is 0 Å². The summed E-state index contributed by atoms with van der Waals surface area (Å²) in [6, 6.07) is 0.866. The summed E-state index contributed by atoms with van der Waals surface area (Å²) < 4.78 is 0. The Kier molecular flexibility index (Phi) is 5.18. The van der Waals surface area contributed by atoms with Crippen LogP contribution in [0.2, 0.25) is 0 Å². The summed E-state index contributed by atoms with van der Waals surface area (Å²) in [7, 11) is 0.171. The highest BCUT2D eigenvalue weighted by Gasteiger charge is 2.15. The van der Waals surface area contributed by atoms with Crippen molar-refractivity contribution in [1.29, 1.82) is 0 Å². The van der Waals surface area contributed by atoms with E-state index < -0.39 is 0 Å². The normalized spacial score (nSPS) is 20.2. The van der Waals surface area contributed by atoms with E-state index in [9.17, 15) is 0 Å². The molecule has 0 aliphatic heterocycles. The van der Waals surface area contributed by atoms with Crippen LogP contribution in [0.3, 0.4) is 0 Å².